The Labute approximate surface area is 150 Å². The van der Waals surface area contributed by atoms with E-state index in [9.17, 15) is 5.11 Å². The van der Waals surface area contributed by atoms with Crippen molar-refractivity contribution in [2.45, 2.75) is 32.4 Å². The first-order valence-electron chi connectivity index (χ1n) is 9.11. The van der Waals surface area contributed by atoms with Crippen molar-refractivity contribution < 1.29 is 9.84 Å². The van der Waals surface area contributed by atoms with E-state index in [1.807, 2.05) is 30.8 Å². The van der Waals surface area contributed by atoms with E-state index >= 15 is 0 Å². The average molecular weight is 352 g/mol. The maximum Gasteiger partial charge on any atom is 0.191 e. The van der Waals surface area contributed by atoms with Crippen molar-refractivity contribution in [2.24, 2.45) is 4.99 Å². The molecule has 1 aromatic rings. The number of nitrogens with zero attached hydrogens (tertiary/aromatic N) is 4. The number of nitrogens with one attached hydrogen (secondary N) is 2. The van der Waals surface area contributed by atoms with Crippen molar-refractivity contribution in [3.05, 3.63) is 18.5 Å². The topological polar surface area (TPSA) is 86.9 Å². The van der Waals surface area contributed by atoms with Gasteiger partial charge in [0.2, 0.25) is 0 Å². The Bertz CT molecular complexity index is 497. The summed E-state index contributed by atoms with van der Waals surface area (Å²) in [5.74, 6) is 0.741. The van der Waals surface area contributed by atoms with Gasteiger partial charge in [-0.1, -0.05) is 0 Å². The SMILES string of the molecule is CCNC(=NCC(C)(O)CN1CCOCC1)NCCCn1cccn1. The molecule has 0 aromatic carbocycles. The second-order valence-corrected chi connectivity index (χ2v) is 6.63. The predicted octanol–water partition coefficient (Wildman–Crippen LogP) is -0.0885. The van der Waals surface area contributed by atoms with Gasteiger partial charge in [0.15, 0.2) is 5.96 Å². The molecule has 0 aliphatic carbocycles. The third kappa shape index (κ3) is 7.85. The van der Waals surface area contributed by atoms with Crippen LogP contribution < -0.4 is 10.6 Å². The molecule has 25 heavy (non-hydrogen) atoms. The van der Waals surface area contributed by atoms with E-state index in [-0.39, 0.29) is 0 Å². The van der Waals surface area contributed by atoms with Gasteiger partial charge in [0.25, 0.3) is 0 Å². The molecule has 1 fully saturated rings. The van der Waals surface area contributed by atoms with Gasteiger partial charge < -0.3 is 20.5 Å². The van der Waals surface area contributed by atoms with Crippen molar-refractivity contribution >= 4 is 5.96 Å². The molecule has 2 heterocycles. The van der Waals surface area contributed by atoms with Crippen molar-refractivity contribution in [2.75, 3.05) is 52.5 Å². The van der Waals surface area contributed by atoms with Gasteiger partial charge in [-0.05, 0) is 26.3 Å². The minimum atomic E-state index is -0.852. The number of rotatable bonds is 9. The van der Waals surface area contributed by atoms with Crippen molar-refractivity contribution in [3.63, 3.8) is 0 Å². The van der Waals surface area contributed by atoms with Gasteiger partial charge in [0, 0.05) is 51.7 Å². The number of aliphatic imine (C=N–C) groups is 1. The van der Waals surface area contributed by atoms with Crippen LogP contribution in [0.3, 0.4) is 0 Å². The van der Waals surface area contributed by atoms with Crippen LogP contribution in [-0.2, 0) is 11.3 Å². The van der Waals surface area contributed by atoms with E-state index in [1.54, 1.807) is 6.20 Å². The van der Waals surface area contributed by atoms with E-state index in [0.717, 1.165) is 58.3 Å². The lowest BCUT2D eigenvalue weighted by Crippen LogP contribution is -2.48. The smallest absolute Gasteiger partial charge is 0.191 e. The highest BCUT2D eigenvalue weighted by molar-refractivity contribution is 5.79. The molecule has 3 N–H and O–H groups in total. The molecule has 8 heteroatoms. The van der Waals surface area contributed by atoms with E-state index in [1.165, 1.54) is 0 Å². The Morgan fingerprint density at radius 2 is 2.16 bits per heavy atom. The summed E-state index contributed by atoms with van der Waals surface area (Å²) in [5.41, 5.74) is -0.852. The summed E-state index contributed by atoms with van der Waals surface area (Å²) in [6, 6.07) is 1.93. The highest BCUT2D eigenvalue weighted by Crippen LogP contribution is 2.09. The summed E-state index contributed by atoms with van der Waals surface area (Å²) >= 11 is 0. The van der Waals surface area contributed by atoms with Crippen molar-refractivity contribution in [1.29, 1.82) is 0 Å². The Balaban J connectivity index is 1.74. The fourth-order valence-electron chi connectivity index (χ4n) is 2.76. The van der Waals surface area contributed by atoms with Gasteiger partial charge >= 0.3 is 0 Å². The second kappa shape index (κ2) is 10.4. The molecular weight excluding hydrogens is 320 g/mol. The van der Waals surface area contributed by atoms with Gasteiger partial charge in [-0.25, -0.2) is 0 Å². The van der Waals surface area contributed by atoms with Gasteiger partial charge in [0.1, 0.15) is 0 Å². The number of ether oxygens (including phenoxy) is 1. The van der Waals surface area contributed by atoms with E-state index in [0.29, 0.717) is 13.1 Å². The van der Waals surface area contributed by atoms with Crippen molar-refractivity contribution in [1.82, 2.24) is 25.3 Å². The standard InChI is InChI=1S/C17H32N6O2/c1-3-18-16(19-6-4-8-23-9-5-7-21-23)20-14-17(2,24)15-22-10-12-25-13-11-22/h5,7,9,24H,3-4,6,8,10-15H2,1-2H3,(H2,18,19,20). The molecule has 1 aliphatic rings. The quantitative estimate of drug-likeness (QED) is 0.327. The molecule has 0 amide bonds. The number of guanidine groups is 1. The van der Waals surface area contributed by atoms with Crippen LogP contribution in [0.5, 0.6) is 0 Å². The molecule has 0 radical (unpaired) electrons. The second-order valence-electron chi connectivity index (χ2n) is 6.63. The third-order valence-electron chi connectivity index (χ3n) is 4.01. The Morgan fingerprint density at radius 3 is 2.84 bits per heavy atom. The number of morpholine rings is 1. The highest BCUT2D eigenvalue weighted by Gasteiger charge is 2.25. The van der Waals surface area contributed by atoms with Crippen LogP contribution in [0.25, 0.3) is 0 Å². The minimum absolute atomic E-state index is 0.360. The lowest BCUT2D eigenvalue weighted by atomic mass is 10.1. The summed E-state index contributed by atoms with van der Waals surface area (Å²) in [5, 5.41) is 21.4. The summed E-state index contributed by atoms with van der Waals surface area (Å²) in [6.45, 7) is 10.5. The molecule has 1 atom stereocenters. The Hall–Kier alpha value is -1.64. The first-order valence-corrected chi connectivity index (χ1v) is 9.11. The van der Waals surface area contributed by atoms with Crippen LogP contribution in [0, 0.1) is 0 Å². The average Bonchev–Trinajstić information content (AvgIpc) is 3.10. The molecule has 1 saturated heterocycles. The Kier molecular flexibility index (Phi) is 8.17. The molecule has 0 bridgehead atoms. The van der Waals surface area contributed by atoms with Gasteiger partial charge in [0.05, 0.1) is 25.4 Å². The maximum absolute atomic E-state index is 10.6. The third-order valence-corrected chi connectivity index (χ3v) is 4.01. The van der Waals surface area contributed by atoms with Crippen LogP contribution in [0.1, 0.15) is 20.3 Å². The van der Waals surface area contributed by atoms with Crippen molar-refractivity contribution in [3.8, 4) is 0 Å². The van der Waals surface area contributed by atoms with Crippen LogP contribution in [-0.4, -0.2) is 83.8 Å². The number of aryl methyl sites for hydroxylation is 1. The molecular formula is C17H32N6O2. The molecule has 1 aliphatic heterocycles. The van der Waals surface area contributed by atoms with Gasteiger partial charge in [-0.15, -0.1) is 0 Å². The molecule has 142 valence electrons. The van der Waals surface area contributed by atoms with E-state index in [2.05, 4.69) is 25.6 Å². The lowest BCUT2D eigenvalue weighted by Gasteiger charge is -2.33. The first-order chi connectivity index (χ1) is 12.1. The minimum Gasteiger partial charge on any atom is -0.387 e. The van der Waals surface area contributed by atoms with Crippen LogP contribution in [0.15, 0.2) is 23.5 Å². The normalized spacial score (nSPS) is 18.8. The van der Waals surface area contributed by atoms with Gasteiger partial charge in [-0.2, -0.15) is 5.10 Å². The largest absolute Gasteiger partial charge is 0.387 e. The number of aromatic nitrogens is 2. The molecule has 8 nitrogen and oxygen atoms in total. The first kappa shape index (κ1) is 19.7. The number of β-amino-alcohol motifs (C(OH)–C–C–N with tert-alkyl or cyclic N) is 1. The molecule has 0 spiro atoms. The molecule has 1 unspecified atom stereocenters. The fourth-order valence-corrected chi connectivity index (χ4v) is 2.76. The van der Waals surface area contributed by atoms with E-state index < -0.39 is 5.60 Å². The maximum atomic E-state index is 10.6. The summed E-state index contributed by atoms with van der Waals surface area (Å²) < 4.78 is 7.26. The van der Waals surface area contributed by atoms with Crippen LogP contribution in [0.4, 0.5) is 0 Å². The molecule has 2 rings (SSSR count). The summed E-state index contributed by atoms with van der Waals surface area (Å²) in [6.07, 6.45) is 4.70. The lowest BCUT2D eigenvalue weighted by molar-refractivity contribution is -0.0179. The predicted molar refractivity (Wildman–Crippen MR) is 98.7 cm³/mol. The zero-order valence-electron chi connectivity index (χ0n) is 15.4. The zero-order valence-corrected chi connectivity index (χ0v) is 15.4. The monoisotopic (exact) mass is 352 g/mol. The molecule has 0 saturated carbocycles. The number of aliphatic hydroxyl groups is 1. The summed E-state index contributed by atoms with van der Waals surface area (Å²) in [4.78, 5) is 6.77. The van der Waals surface area contributed by atoms with Crippen LogP contribution in [0.2, 0.25) is 0 Å². The number of hydrogen-bond acceptors (Lipinski definition) is 5. The number of hydrogen-bond donors (Lipinski definition) is 3. The van der Waals surface area contributed by atoms with Crippen LogP contribution >= 0.6 is 0 Å². The fraction of sp³-hybridized carbons (Fsp3) is 0.765. The Morgan fingerprint density at radius 1 is 1.36 bits per heavy atom. The van der Waals surface area contributed by atoms with Gasteiger partial charge in [-0.3, -0.25) is 14.6 Å². The van der Waals surface area contributed by atoms with E-state index in [4.69, 9.17) is 4.74 Å². The zero-order chi connectivity index (χ0) is 18.0. The summed E-state index contributed by atoms with van der Waals surface area (Å²) in [7, 11) is 0. The highest BCUT2D eigenvalue weighted by atomic mass is 16.5. The molecule has 1 aromatic heterocycles.